The Labute approximate surface area is 122 Å². The minimum absolute atomic E-state index is 0.0312. The molecule has 0 aromatic rings. The lowest BCUT2D eigenvalue weighted by atomic mass is 10.1. The fraction of sp³-hybridized carbons (Fsp3) is 0.692. The number of methoxy groups -OCH3 is 1. The molecule has 0 aromatic carbocycles. The van der Waals surface area contributed by atoms with Gasteiger partial charge in [-0.3, -0.25) is 14.9 Å². The van der Waals surface area contributed by atoms with Crippen molar-refractivity contribution in [2.45, 2.75) is 32.4 Å². The van der Waals surface area contributed by atoms with Gasteiger partial charge < -0.3 is 14.2 Å². The first-order chi connectivity index (χ1) is 9.54. The summed E-state index contributed by atoms with van der Waals surface area (Å²) >= 11 is 0. The molecule has 6 nitrogen and oxygen atoms in total. The lowest BCUT2D eigenvalue weighted by Gasteiger charge is -2.26. The molecule has 0 heterocycles. The van der Waals surface area contributed by atoms with Gasteiger partial charge in [-0.2, -0.15) is 0 Å². The van der Waals surface area contributed by atoms with Gasteiger partial charge in [0.25, 0.3) is 5.91 Å². The Bertz CT molecular complexity index is 313. The number of nitrogens with zero attached hydrogens (tertiary/aromatic N) is 1. The number of carbonyl (C=O) groups is 2. The van der Waals surface area contributed by atoms with E-state index in [-0.39, 0.29) is 12.1 Å². The second kappa shape index (κ2) is 11.8. The quantitative estimate of drug-likeness (QED) is 0.268. The van der Waals surface area contributed by atoms with Crippen molar-refractivity contribution < 1.29 is 18.8 Å². The van der Waals surface area contributed by atoms with Crippen LogP contribution in [0.2, 0.25) is 0 Å². The monoisotopic (exact) mass is 304 g/mol. The zero-order chi connectivity index (χ0) is 15.4. The highest BCUT2D eigenvalue weighted by Crippen LogP contribution is 2.15. The first-order valence-corrected chi connectivity index (χ1v) is 7.68. The fourth-order valence-corrected chi connectivity index (χ4v) is 1.98. The number of imide groups is 1. The Morgan fingerprint density at radius 2 is 2.20 bits per heavy atom. The lowest BCUT2D eigenvalue weighted by Crippen LogP contribution is -2.31. The third kappa shape index (κ3) is 9.02. The fourth-order valence-electron chi connectivity index (χ4n) is 1.47. The zero-order valence-electron chi connectivity index (χ0n) is 12.6. The topological polar surface area (TPSA) is 67.9 Å². The second-order valence-corrected chi connectivity index (χ2v) is 5.64. The van der Waals surface area contributed by atoms with Crippen molar-refractivity contribution in [1.29, 1.82) is 0 Å². The van der Waals surface area contributed by atoms with E-state index >= 15 is 0 Å². The molecule has 2 amide bonds. The minimum atomic E-state index is -0.435. The molecule has 116 valence electrons. The summed E-state index contributed by atoms with van der Waals surface area (Å²) in [4.78, 5) is 23.1. The predicted molar refractivity (Wildman–Crippen MR) is 80.8 cm³/mol. The van der Waals surface area contributed by atoms with Gasteiger partial charge in [0.15, 0.2) is 0 Å². The number of nitrogens with one attached hydrogen (secondary N) is 1. The standard InChI is InChI=1S/C13H25N2O4P/c1-5-20-19-9-12(18-4)8-11(2)15(3)7-6-13(17)14-10-16/h6-7,10-12,20H,5,8-9H2,1-4H3,(H,14,16,17)/b7-6-. The van der Waals surface area contributed by atoms with Gasteiger partial charge in [0.1, 0.15) is 0 Å². The summed E-state index contributed by atoms with van der Waals surface area (Å²) in [6.07, 6.45) is 5.17. The number of carbonyl (C=O) groups excluding carboxylic acids is 2. The van der Waals surface area contributed by atoms with Crippen molar-refractivity contribution in [1.82, 2.24) is 10.2 Å². The third-order valence-electron chi connectivity index (χ3n) is 2.81. The molecule has 0 saturated heterocycles. The van der Waals surface area contributed by atoms with Crippen molar-refractivity contribution in [2.75, 3.05) is 26.9 Å². The molecular weight excluding hydrogens is 279 g/mol. The molecule has 20 heavy (non-hydrogen) atoms. The van der Waals surface area contributed by atoms with Crippen LogP contribution in [-0.2, 0) is 18.8 Å². The largest absolute Gasteiger partial charge is 0.379 e. The summed E-state index contributed by atoms with van der Waals surface area (Å²) in [5.74, 6) is -0.435. The Balaban J connectivity index is 4.17. The van der Waals surface area contributed by atoms with Crippen LogP contribution in [0, 0.1) is 0 Å². The summed E-state index contributed by atoms with van der Waals surface area (Å²) < 4.78 is 10.9. The van der Waals surface area contributed by atoms with E-state index in [2.05, 4.69) is 6.92 Å². The first-order valence-electron chi connectivity index (χ1n) is 6.56. The highest BCUT2D eigenvalue weighted by Gasteiger charge is 2.15. The van der Waals surface area contributed by atoms with Gasteiger partial charge in [-0.25, -0.2) is 0 Å². The van der Waals surface area contributed by atoms with Crippen LogP contribution in [-0.4, -0.2) is 56.3 Å². The molecule has 0 aromatic heterocycles. The Morgan fingerprint density at radius 3 is 2.75 bits per heavy atom. The molecule has 0 rings (SSSR count). The maximum atomic E-state index is 11.1. The van der Waals surface area contributed by atoms with E-state index in [1.54, 1.807) is 13.3 Å². The molecule has 3 atom stereocenters. The van der Waals surface area contributed by atoms with E-state index in [9.17, 15) is 9.59 Å². The van der Waals surface area contributed by atoms with Crippen molar-refractivity contribution in [3.05, 3.63) is 12.3 Å². The molecule has 0 saturated carbocycles. The summed E-state index contributed by atoms with van der Waals surface area (Å²) in [7, 11) is 4.05. The maximum Gasteiger partial charge on any atom is 0.251 e. The van der Waals surface area contributed by atoms with Crippen LogP contribution in [0.15, 0.2) is 12.3 Å². The molecule has 0 aliphatic rings. The van der Waals surface area contributed by atoms with Crippen molar-refractivity contribution in [2.24, 2.45) is 0 Å². The van der Waals surface area contributed by atoms with Crippen molar-refractivity contribution in [3.63, 3.8) is 0 Å². The van der Waals surface area contributed by atoms with Gasteiger partial charge in [-0.05, 0) is 19.5 Å². The molecule has 0 aliphatic heterocycles. The third-order valence-corrected chi connectivity index (χ3v) is 3.47. The Morgan fingerprint density at radius 1 is 1.50 bits per heavy atom. The molecule has 0 spiro atoms. The van der Waals surface area contributed by atoms with Crippen LogP contribution in [0.4, 0.5) is 0 Å². The van der Waals surface area contributed by atoms with Gasteiger partial charge in [0.2, 0.25) is 6.41 Å². The smallest absolute Gasteiger partial charge is 0.251 e. The van der Waals surface area contributed by atoms with Gasteiger partial charge in [0.05, 0.1) is 12.7 Å². The zero-order valence-corrected chi connectivity index (χ0v) is 13.6. The molecule has 1 N–H and O–H groups in total. The second-order valence-electron chi connectivity index (χ2n) is 4.36. The summed E-state index contributed by atoms with van der Waals surface area (Å²) in [5.41, 5.74) is 0. The molecule has 0 fully saturated rings. The van der Waals surface area contributed by atoms with Crippen LogP contribution in [0.3, 0.4) is 0 Å². The first kappa shape index (κ1) is 19.0. The predicted octanol–water partition coefficient (Wildman–Crippen LogP) is 1.13. The van der Waals surface area contributed by atoms with Crippen LogP contribution in [0.5, 0.6) is 0 Å². The normalized spacial score (nSPS) is 14.6. The van der Waals surface area contributed by atoms with Gasteiger partial charge in [0, 0.05) is 41.3 Å². The number of rotatable bonds is 11. The summed E-state index contributed by atoms with van der Waals surface area (Å²) in [6, 6.07) is 0.189. The molecule has 0 radical (unpaired) electrons. The average molecular weight is 304 g/mol. The van der Waals surface area contributed by atoms with Gasteiger partial charge in [-0.15, -0.1) is 0 Å². The van der Waals surface area contributed by atoms with Crippen molar-refractivity contribution in [3.8, 4) is 0 Å². The number of hydrogen-bond donors (Lipinski definition) is 1. The molecule has 3 unspecified atom stereocenters. The van der Waals surface area contributed by atoms with Gasteiger partial charge >= 0.3 is 0 Å². The SMILES string of the molecule is CCPOCC(CC(C)N(C)/C=C\C(=O)NC=O)OC. The lowest BCUT2D eigenvalue weighted by molar-refractivity contribution is -0.121. The molecular formula is C13H25N2O4P. The van der Waals surface area contributed by atoms with Crippen LogP contribution >= 0.6 is 8.81 Å². The van der Waals surface area contributed by atoms with Crippen LogP contribution in [0.1, 0.15) is 20.3 Å². The number of hydrogen-bond acceptors (Lipinski definition) is 5. The van der Waals surface area contributed by atoms with Crippen LogP contribution < -0.4 is 5.32 Å². The van der Waals surface area contributed by atoms with Crippen molar-refractivity contribution >= 4 is 21.1 Å². The van der Waals surface area contributed by atoms with E-state index in [4.69, 9.17) is 9.26 Å². The Kier molecular flexibility index (Phi) is 11.3. The summed E-state index contributed by atoms with van der Waals surface area (Å²) in [6.45, 7) is 4.69. The molecule has 0 bridgehead atoms. The Hall–Kier alpha value is -0.970. The minimum Gasteiger partial charge on any atom is -0.379 e. The van der Waals surface area contributed by atoms with E-state index < -0.39 is 5.91 Å². The van der Waals surface area contributed by atoms with E-state index in [0.717, 1.165) is 12.6 Å². The average Bonchev–Trinajstić information content (AvgIpc) is 2.43. The summed E-state index contributed by atoms with van der Waals surface area (Å²) in [5, 5.41) is 2.05. The van der Waals surface area contributed by atoms with Gasteiger partial charge in [-0.1, -0.05) is 6.92 Å². The van der Waals surface area contributed by atoms with E-state index in [1.165, 1.54) is 6.08 Å². The maximum absolute atomic E-state index is 11.1. The van der Waals surface area contributed by atoms with E-state index in [1.807, 2.05) is 24.2 Å². The molecule has 7 heteroatoms. The highest BCUT2D eigenvalue weighted by atomic mass is 31.1. The van der Waals surface area contributed by atoms with E-state index in [0.29, 0.717) is 21.8 Å². The molecule has 0 aliphatic carbocycles. The highest BCUT2D eigenvalue weighted by molar-refractivity contribution is 7.32. The number of amides is 2. The van der Waals surface area contributed by atoms with Crippen LogP contribution in [0.25, 0.3) is 0 Å². The number of ether oxygens (including phenoxy) is 1.